The first-order valence-electron chi connectivity index (χ1n) is 12.3. The number of aryl methyl sites for hydroxylation is 1. The molecule has 1 amide bonds. The molecule has 3 N–H and O–H groups in total. The third kappa shape index (κ3) is 5.21. The highest BCUT2D eigenvalue weighted by Gasteiger charge is 2.39. The Hall–Kier alpha value is -3.30. The van der Waals surface area contributed by atoms with Gasteiger partial charge in [-0.25, -0.2) is 4.98 Å². The Morgan fingerprint density at radius 2 is 1.94 bits per heavy atom. The van der Waals surface area contributed by atoms with Crippen LogP contribution in [0.5, 0.6) is 0 Å². The fourth-order valence-electron chi connectivity index (χ4n) is 5.01. The number of piperazine rings is 1. The Morgan fingerprint density at radius 3 is 2.60 bits per heavy atom. The molecule has 0 spiro atoms. The minimum atomic E-state index is -0.667. The summed E-state index contributed by atoms with van der Waals surface area (Å²) in [6.07, 6.45) is 5.50. The van der Waals surface area contributed by atoms with Gasteiger partial charge in [0.2, 0.25) is 0 Å². The van der Waals surface area contributed by atoms with Crippen LogP contribution in [0.4, 0.5) is 5.69 Å². The van der Waals surface area contributed by atoms with Crippen molar-refractivity contribution < 1.29 is 9.90 Å². The molecule has 9 heteroatoms. The number of fused-ring (bicyclic) bond motifs is 1. The van der Waals surface area contributed by atoms with Crippen molar-refractivity contribution in [1.29, 1.82) is 0 Å². The van der Waals surface area contributed by atoms with E-state index in [0.717, 1.165) is 60.6 Å². The second-order valence-corrected chi connectivity index (χ2v) is 9.99. The van der Waals surface area contributed by atoms with E-state index in [1.807, 2.05) is 31.3 Å². The molecule has 0 atom stereocenters. The van der Waals surface area contributed by atoms with Gasteiger partial charge in [0, 0.05) is 50.5 Å². The van der Waals surface area contributed by atoms with E-state index in [9.17, 15) is 14.7 Å². The summed E-state index contributed by atoms with van der Waals surface area (Å²) in [6.45, 7) is 8.05. The molecular weight excluding hydrogens is 444 g/mol. The Morgan fingerprint density at radius 1 is 1.17 bits per heavy atom. The SMILES string of the molecule is CCc1cc2ncc(CN3CCN(c4ccc(C(=O)NC5CC(C)(O)C5)nc4)CC3)cc2[nH]c1=O. The summed E-state index contributed by atoms with van der Waals surface area (Å²) in [7, 11) is 0. The highest BCUT2D eigenvalue weighted by atomic mass is 16.3. The number of pyridine rings is 3. The standard InChI is InChI=1S/C26H32N6O3/c1-3-18-11-22-23(30-24(18)33)10-17(14-27-22)16-31-6-8-32(9-7-31)20-4-5-21(28-15-20)25(34)29-19-12-26(2,35)13-19/h4-5,10-11,14-15,19,35H,3,6-9,12-13,16H2,1-2H3,(H,29,34)(H,30,33). The molecule has 184 valence electrons. The van der Waals surface area contributed by atoms with Gasteiger partial charge < -0.3 is 20.3 Å². The van der Waals surface area contributed by atoms with E-state index < -0.39 is 5.60 Å². The van der Waals surface area contributed by atoms with Crippen molar-refractivity contribution >= 4 is 22.6 Å². The van der Waals surface area contributed by atoms with Gasteiger partial charge in [-0.05, 0) is 56.0 Å². The van der Waals surface area contributed by atoms with Crippen molar-refractivity contribution in [3.8, 4) is 0 Å². The number of nitrogens with zero attached hydrogens (tertiary/aromatic N) is 4. The molecule has 5 rings (SSSR count). The molecule has 1 saturated heterocycles. The van der Waals surface area contributed by atoms with Crippen LogP contribution in [-0.2, 0) is 13.0 Å². The predicted molar refractivity (Wildman–Crippen MR) is 135 cm³/mol. The zero-order chi connectivity index (χ0) is 24.6. The third-order valence-electron chi connectivity index (χ3n) is 7.04. The number of aliphatic hydroxyl groups is 1. The zero-order valence-corrected chi connectivity index (χ0v) is 20.3. The van der Waals surface area contributed by atoms with Crippen LogP contribution in [0.15, 0.2) is 41.5 Å². The van der Waals surface area contributed by atoms with Crippen molar-refractivity contribution in [3.05, 3.63) is 63.8 Å². The molecule has 0 bridgehead atoms. The molecule has 0 aromatic carbocycles. The second-order valence-electron chi connectivity index (χ2n) is 9.99. The van der Waals surface area contributed by atoms with Crippen LogP contribution < -0.4 is 15.8 Å². The predicted octanol–water partition coefficient (Wildman–Crippen LogP) is 1.85. The van der Waals surface area contributed by atoms with Crippen molar-refractivity contribution in [2.24, 2.45) is 0 Å². The summed E-state index contributed by atoms with van der Waals surface area (Å²) in [6, 6.07) is 7.62. The Balaban J connectivity index is 1.15. The maximum absolute atomic E-state index is 12.4. The average Bonchev–Trinajstić information content (AvgIpc) is 2.83. The molecule has 3 aromatic heterocycles. The Bertz CT molecular complexity index is 1270. The number of hydrogen-bond donors (Lipinski definition) is 3. The number of rotatable bonds is 6. The quantitative estimate of drug-likeness (QED) is 0.497. The average molecular weight is 477 g/mol. The number of amides is 1. The number of aromatic nitrogens is 3. The monoisotopic (exact) mass is 476 g/mol. The van der Waals surface area contributed by atoms with Gasteiger partial charge in [-0.15, -0.1) is 0 Å². The molecule has 1 saturated carbocycles. The second kappa shape index (κ2) is 9.39. The summed E-state index contributed by atoms with van der Waals surface area (Å²) in [5.74, 6) is -0.196. The molecule has 1 aliphatic carbocycles. The van der Waals surface area contributed by atoms with Crippen LogP contribution >= 0.6 is 0 Å². The van der Waals surface area contributed by atoms with Gasteiger partial charge in [-0.2, -0.15) is 0 Å². The first-order valence-corrected chi connectivity index (χ1v) is 12.3. The van der Waals surface area contributed by atoms with E-state index >= 15 is 0 Å². The molecule has 9 nitrogen and oxygen atoms in total. The highest BCUT2D eigenvalue weighted by molar-refractivity contribution is 5.92. The lowest BCUT2D eigenvalue weighted by Crippen LogP contribution is -2.53. The third-order valence-corrected chi connectivity index (χ3v) is 7.04. The van der Waals surface area contributed by atoms with Gasteiger partial charge in [-0.3, -0.25) is 19.5 Å². The largest absolute Gasteiger partial charge is 0.390 e. The number of H-pyrrole nitrogens is 1. The fourth-order valence-corrected chi connectivity index (χ4v) is 5.01. The number of nitrogens with one attached hydrogen (secondary N) is 2. The van der Waals surface area contributed by atoms with Crippen molar-refractivity contribution in [2.45, 2.75) is 51.3 Å². The lowest BCUT2D eigenvalue weighted by molar-refractivity contribution is -0.0367. The topological polar surface area (TPSA) is 114 Å². The highest BCUT2D eigenvalue weighted by Crippen LogP contribution is 2.31. The van der Waals surface area contributed by atoms with Crippen LogP contribution in [0.2, 0.25) is 0 Å². The van der Waals surface area contributed by atoms with E-state index in [2.05, 4.69) is 30.1 Å². The van der Waals surface area contributed by atoms with E-state index in [0.29, 0.717) is 25.0 Å². The molecule has 35 heavy (non-hydrogen) atoms. The lowest BCUT2D eigenvalue weighted by Gasteiger charge is -2.41. The van der Waals surface area contributed by atoms with Gasteiger partial charge in [0.05, 0.1) is 28.5 Å². The first kappa shape index (κ1) is 23.4. The number of carbonyl (C=O) groups is 1. The summed E-state index contributed by atoms with van der Waals surface area (Å²) in [5.41, 5.74) is 4.12. The number of aromatic amines is 1. The van der Waals surface area contributed by atoms with Gasteiger partial charge >= 0.3 is 0 Å². The zero-order valence-electron chi connectivity index (χ0n) is 20.3. The van der Waals surface area contributed by atoms with Crippen molar-refractivity contribution in [2.75, 3.05) is 31.1 Å². The smallest absolute Gasteiger partial charge is 0.270 e. The summed E-state index contributed by atoms with van der Waals surface area (Å²) in [5, 5.41) is 12.8. The molecule has 2 fully saturated rings. The van der Waals surface area contributed by atoms with Crippen LogP contribution in [-0.4, -0.2) is 68.7 Å². The molecule has 1 aliphatic heterocycles. The van der Waals surface area contributed by atoms with E-state index in [4.69, 9.17) is 0 Å². The summed E-state index contributed by atoms with van der Waals surface area (Å²) in [4.78, 5) is 41.1. The maximum atomic E-state index is 12.4. The molecule has 2 aliphatic rings. The Labute approximate surface area is 204 Å². The van der Waals surface area contributed by atoms with Crippen LogP contribution in [0.3, 0.4) is 0 Å². The van der Waals surface area contributed by atoms with Gasteiger partial charge in [0.25, 0.3) is 11.5 Å². The fraction of sp³-hybridized carbons (Fsp3) is 0.462. The van der Waals surface area contributed by atoms with E-state index in [-0.39, 0.29) is 17.5 Å². The molecule has 0 unspecified atom stereocenters. The summed E-state index contributed by atoms with van der Waals surface area (Å²) < 4.78 is 0. The van der Waals surface area contributed by atoms with E-state index in [1.165, 1.54) is 0 Å². The molecule has 3 aromatic rings. The molecular formula is C26H32N6O3. The number of hydrogen-bond acceptors (Lipinski definition) is 7. The Kier molecular flexibility index (Phi) is 6.29. The van der Waals surface area contributed by atoms with Gasteiger partial charge in [-0.1, -0.05) is 6.92 Å². The lowest BCUT2D eigenvalue weighted by atomic mass is 9.77. The van der Waals surface area contributed by atoms with Crippen LogP contribution in [0.25, 0.3) is 11.0 Å². The maximum Gasteiger partial charge on any atom is 0.270 e. The van der Waals surface area contributed by atoms with Crippen molar-refractivity contribution in [3.63, 3.8) is 0 Å². The van der Waals surface area contributed by atoms with Gasteiger partial charge in [0.15, 0.2) is 0 Å². The normalized spacial score (nSPS) is 22.7. The molecule has 0 radical (unpaired) electrons. The van der Waals surface area contributed by atoms with E-state index in [1.54, 1.807) is 19.2 Å². The number of anilines is 1. The first-order chi connectivity index (χ1) is 16.8. The van der Waals surface area contributed by atoms with Crippen molar-refractivity contribution in [1.82, 2.24) is 25.2 Å². The minimum Gasteiger partial charge on any atom is -0.390 e. The molecule has 4 heterocycles. The number of carbonyl (C=O) groups excluding carboxylic acids is 1. The van der Waals surface area contributed by atoms with Crippen LogP contribution in [0, 0.1) is 0 Å². The van der Waals surface area contributed by atoms with Gasteiger partial charge in [0.1, 0.15) is 5.69 Å². The minimum absolute atomic E-state index is 0.0129. The summed E-state index contributed by atoms with van der Waals surface area (Å²) >= 11 is 0. The van der Waals surface area contributed by atoms with Crippen LogP contribution in [0.1, 0.15) is 48.3 Å².